The SMILES string of the molecule is CC(NC(=O)C(Cc1ccc(O)cc1)NC(=O)C(N)CCCN=C(N)N)C(=O)NC(Cc1ccc(O)cc1)C(=O)O. The minimum Gasteiger partial charge on any atom is -0.508 e. The number of nitrogens with zero attached hydrogens (tertiary/aromatic N) is 1. The number of aliphatic imine (C=N–C) groups is 1. The Labute approximate surface area is 237 Å². The predicted molar refractivity (Wildman–Crippen MR) is 151 cm³/mol. The maximum atomic E-state index is 13.2. The number of rotatable bonds is 15. The Morgan fingerprint density at radius 3 is 1.76 bits per heavy atom. The van der Waals surface area contributed by atoms with Gasteiger partial charge < -0.3 is 48.5 Å². The van der Waals surface area contributed by atoms with Gasteiger partial charge >= 0.3 is 5.97 Å². The molecular weight excluding hydrogens is 534 g/mol. The molecule has 0 spiro atoms. The van der Waals surface area contributed by atoms with Crippen LogP contribution in [0.4, 0.5) is 0 Å². The predicted octanol–water partition coefficient (Wildman–Crippen LogP) is -1.18. The number of phenols is 2. The van der Waals surface area contributed by atoms with Gasteiger partial charge in [0.25, 0.3) is 0 Å². The molecule has 0 heterocycles. The number of carbonyl (C=O) groups is 4. The summed E-state index contributed by atoms with van der Waals surface area (Å²) in [5.74, 6) is -3.39. The van der Waals surface area contributed by atoms with E-state index in [1.165, 1.54) is 43.3 Å². The summed E-state index contributed by atoms with van der Waals surface area (Å²) in [6, 6.07) is 7.32. The van der Waals surface area contributed by atoms with E-state index < -0.39 is 47.9 Å². The lowest BCUT2D eigenvalue weighted by atomic mass is 10.0. The minimum atomic E-state index is -1.30. The van der Waals surface area contributed by atoms with Crippen LogP contribution < -0.4 is 33.2 Å². The monoisotopic (exact) mass is 571 g/mol. The van der Waals surface area contributed by atoms with Crippen molar-refractivity contribution in [3.8, 4) is 11.5 Å². The molecule has 2 aromatic carbocycles. The lowest BCUT2D eigenvalue weighted by molar-refractivity contribution is -0.142. The summed E-state index contributed by atoms with van der Waals surface area (Å²) >= 11 is 0. The van der Waals surface area contributed by atoms with Crippen molar-refractivity contribution >= 4 is 29.7 Å². The Morgan fingerprint density at radius 2 is 1.27 bits per heavy atom. The molecule has 2 rings (SSSR count). The Morgan fingerprint density at radius 1 is 0.780 bits per heavy atom. The molecule has 4 atom stereocenters. The third kappa shape index (κ3) is 11.4. The molecule has 14 heteroatoms. The zero-order valence-corrected chi connectivity index (χ0v) is 22.6. The van der Waals surface area contributed by atoms with Gasteiger partial charge in [-0.25, -0.2) is 4.79 Å². The highest BCUT2D eigenvalue weighted by Gasteiger charge is 2.28. The van der Waals surface area contributed by atoms with Crippen LogP contribution in [0.15, 0.2) is 53.5 Å². The molecule has 12 N–H and O–H groups in total. The number of carboxylic acids is 1. The average Bonchev–Trinajstić information content (AvgIpc) is 2.92. The average molecular weight is 572 g/mol. The van der Waals surface area contributed by atoms with Crippen molar-refractivity contribution in [2.75, 3.05) is 6.54 Å². The van der Waals surface area contributed by atoms with Crippen molar-refractivity contribution in [2.45, 2.75) is 56.8 Å². The summed E-state index contributed by atoms with van der Waals surface area (Å²) in [4.78, 5) is 54.3. The molecule has 4 unspecified atom stereocenters. The van der Waals surface area contributed by atoms with Crippen LogP contribution in [0.3, 0.4) is 0 Å². The van der Waals surface area contributed by atoms with Gasteiger partial charge in [0.05, 0.1) is 6.04 Å². The Hall–Kier alpha value is -4.85. The van der Waals surface area contributed by atoms with E-state index in [-0.39, 0.29) is 43.3 Å². The zero-order chi connectivity index (χ0) is 30.5. The number of aliphatic carboxylic acids is 1. The quantitative estimate of drug-likeness (QED) is 0.0702. The van der Waals surface area contributed by atoms with Crippen molar-refractivity contribution in [1.82, 2.24) is 16.0 Å². The van der Waals surface area contributed by atoms with Gasteiger partial charge in [0, 0.05) is 19.4 Å². The summed E-state index contributed by atoms with van der Waals surface area (Å²) in [6.45, 7) is 1.65. The number of hydrogen-bond donors (Lipinski definition) is 9. The summed E-state index contributed by atoms with van der Waals surface area (Å²) in [5, 5.41) is 36.1. The lowest BCUT2D eigenvalue weighted by Crippen LogP contribution is -2.57. The highest BCUT2D eigenvalue weighted by molar-refractivity contribution is 5.94. The second kappa shape index (κ2) is 15.7. The largest absolute Gasteiger partial charge is 0.508 e. The van der Waals surface area contributed by atoms with Crippen LogP contribution in [0.2, 0.25) is 0 Å². The van der Waals surface area contributed by atoms with Crippen LogP contribution in [-0.4, -0.2) is 75.7 Å². The van der Waals surface area contributed by atoms with Crippen LogP contribution in [-0.2, 0) is 32.0 Å². The van der Waals surface area contributed by atoms with Gasteiger partial charge in [-0.2, -0.15) is 0 Å². The van der Waals surface area contributed by atoms with E-state index in [1.807, 2.05) is 0 Å². The number of nitrogens with one attached hydrogen (secondary N) is 3. The molecule has 14 nitrogen and oxygen atoms in total. The molecule has 0 saturated carbocycles. The molecule has 222 valence electrons. The Bertz CT molecular complexity index is 1220. The minimum absolute atomic E-state index is 0.0156. The molecule has 2 aromatic rings. The van der Waals surface area contributed by atoms with E-state index in [0.717, 1.165) is 0 Å². The normalized spacial score (nSPS) is 13.6. The van der Waals surface area contributed by atoms with E-state index >= 15 is 0 Å². The molecule has 0 aliphatic heterocycles. The van der Waals surface area contributed by atoms with Gasteiger partial charge in [0.15, 0.2) is 5.96 Å². The fourth-order valence-corrected chi connectivity index (χ4v) is 3.75. The first kappa shape index (κ1) is 32.4. The van der Waals surface area contributed by atoms with Crippen LogP contribution in [0, 0.1) is 0 Å². The number of guanidine groups is 1. The topological polar surface area (TPSA) is 255 Å². The third-order valence-electron chi connectivity index (χ3n) is 6.06. The van der Waals surface area contributed by atoms with E-state index in [1.54, 1.807) is 12.1 Å². The van der Waals surface area contributed by atoms with Crippen molar-refractivity contribution in [1.29, 1.82) is 0 Å². The highest BCUT2D eigenvalue weighted by atomic mass is 16.4. The number of carbonyl (C=O) groups excluding carboxylic acids is 3. The van der Waals surface area contributed by atoms with Crippen molar-refractivity contribution in [2.24, 2.45) is 22.2 Å². The third-order valence-corrected chi connectivity index (χ3v) is 6.06. The molecule has 0 aromatic heterocycles. The number of carboxylic acid groups (broad SMARTS) is 1. The smallest absolute Gasteiger partial charge is 0.326 e. The Balaban J connectivity index is 2.07. The van der Waals surface area contributed by atoms with E-state index in [2.05, 4.69) is 20.9 Å². The van der Waals surface area contributed by atoms with Gasteiger partial charge in [-0.15, -0.1) is 0 Å². The van der Waals surface area contributed by atoms with E-state index in [4.69, 9.17) is 17.2 Å². The summed E-state index contributed by atoms with van der Waals surface area (Å²) in [6.07, 6.45) is 0.633. The highest BCUT2D eigenvalue weighted by Crippen LogP contribution is 2.13. The standard InChI is InChI=1S/C27H37N7O7/c1-15(23(37)34-22(26(40)41)14-17-6-10-19(36)11-7-17)32-25(39)21(13-16-4-8-18(35)9-5-16)33-24(38)20(28)3-2-12-31-27(29)30/h4-11,15,20-22,35-36H,2-3,12-14,28H2,1H3,(H,32,39)(H,33,38)(H,34,37)(H,40,41)(H4,29,30,31). The summed E-state index contributed by atoms with van der Waals surface area (Å²) in [5.41, 5.74) is 17.7. The molecular formula is C27H37N7O7. The zero-order valence-electron chi connectivity index (χ0n) is 22.6. The molecule has 0 bridgehead atoms. The maximum Gasteiger partial charge on any atom is 0.326 e. The molecule has 3 amide bonds. The van der Waals surface area contributed by atoms with Gasteiger partial charge in [-0.05, 0) is 55.2 Å². The number of aromatic hydroxyl groups is 2. The molecule has 0 aliphatic rings. The number of hydrogen-bond acceptors (Lipinski definition) is 8. The summed E-state index contributed by atoms with van der Waals surface area (Å²) in [7, 11) is 0. The fraction of sp³-hybridized carbons (Fsp3) is 0.370. The maximum absolute atomic E-state index is 13.2. The first-order valence-electron chi connectivity index (χ1n) is 12.9. The fourth-order valence-electron chi connectivity index (χ4n) is 3.75. The van der Waals surface area contributed by atoms with Crippen molar-refractivity contribution in [3.05, 3.63) is 59.7 Å². The van der Waals surface area contributed by atoms with Gasteiger partial charge in [-0.3, -0.25) is 19.4 Å². The molecule has 0 radical (unpaired) electrons. The van der Waals surface area contributed by atoms with E-state index in [0.29, 0.717) is 17.5 Å². The molecule has 41 heavy (non-hydrogen) atoms. The molecule has 0 fully saturated rings. The second-order valence-corrected chi connectivity index (χ2v) is 9.49. The number of benzene rings is 2. The van der Waals surface area contributed by atoms with Crippen LogP contribution in [0.5, 0.6) is 11.5 Å². The number of phenolic OH excluding ortho intramolecular Hbond substituents is 2. The lowest BCUT2D eigenvalue weighted by Gasteiger charge is -2.24. The Kier molecular flexibility index (Phi) is 12.4. The van der Waals surface area contributed by atoms with Crippen LogP contribution in [0.25, 0.3) is 0 Å². The number of amides is 3. The molecule has 0 aliphatic carbocycles. The first-order valence-corrected chi connectivity index (χ1v) is 12.9. The van der Waals surface area contributed by atoms with E-state index in [9.17, 15) is 34.5 Å². The van der Waals surface area contributed by atoms with Crippen LogP contribution >= 0.6 is 0 Å². The van der Waals surface area contributed by atoms with Gasteiger partial charge in [0.1, 0.15) is 29.6 Å². The number of nitrogens with two attached hydrogens (primary N) is 3. The first-order chi connectivity index (χ1) is 19.3. The summed E-state index contributed by atoms with van der Waals surface area (Å²) < 4.78 is 0. The molecule has 0 saturated heterocycles. The second-order valence-electron chi connectivity index (χ2n) is 9.49. The van der Waals surface area contributed by atoms with Crippen molar-refractivity contribution in [3.63, 3.8) is 0 Å². The van der Waals surface area contributed by atoms with Gasteiger partial charge in [0.2, 0.25) is 17.7 Å². The van der Waals surface area contributed by atoms with Gasteiger partial charge in [-0.1, -0.05) is 24.3 Å². The van der Waals surface area contributed by atoms with Crippen molar-refractivity contribution < 1.29 is 34.5 Å². The van der Waals surface area contributed by atoms with Crippen LogP contribution in [0.1, 0.15) is 30.9 Å².